The zero-order valence-corrected chi connectivity index (χ0v) is 13.6. The lowest BCUT2D eigenvalue weighted by Crippen LogP contribution is -2.43. The molecule has 114 valence electrons. The summed E-state index contributed by atoms with van der Waals surface area (Å²) in [6.07, 6.45) is 4.42. The molecule has 1 atom stereocenters. The molecule has 1 aromatic rings. The smallest absolute Gasteiger partial charge is 0.130 e. The Bertz CT molecular complexity index is 439. The molecule has 0 spiro atoms. The van der Waals surface area contributed by atoms with Crippen LogP contribution in [-0.2, 0) is 18.2 Å². The van der Waals surface area contributed by atoms with Crippen molar-refractivity contribution < 1.29 is 4.74 Å². The third kappa shape index (κ3) is 3.54. The van der Waals surface area contributed by atoms with E-state index in [2.05, 4.69) is 17.3 Å². The third-order valence-electron chi connectivity index (χ3n) is 4.15. The van der Waals surface area contributed by atoms with E-state index in [4.69, 9.17) is 16.3 Å². The number of nitrogens with one attached hydrogen (secondary N) is 1. The number of hydrogen-bond donors (Lipinski definition) is 1. The Kier molecular flexibility index (Phi) is 5.47. The molecule has 1 N–H and O–H groups in total. The fourth-order valence-corrected chi connectivity index (χ4v) is 3.27. The lowest BCUT2D eigenvalue weighted by molar-refractivity contribution is -0.00712. The van der Waals surface area contributed by atoms with Gasteiger partial charge in [-0.1, -0.05) is 18.5 Å². The van der Waals surface area contributed by atoms with Crippen molar-refractivity contribution in [3.8, 4) is 0 Å². The molecule has 0 aliphatic carbocycles. The average Bonchev–Trinajstić information content (AvgIpc) is 2.67. The normalized spacial score (nSPS) is 23.2. The summed E-state index contributed by atoms with van der Waals surface area (Å²) in [5.41, 5.74) is 2.38. The van der Waals surface area contributed by atoms with Crippen molar-refractivity contribution in [1.29, 1.82) is 0 Å². The minimum Gasteiger partial charge on any atom is -0.381 e. The maximum absolute atomic E-state index is 6.40. The van der Waals surface area contributed by atoms with Crippen LogP contribution in [0.15, 0.2) is 0 Å². The Balaban J connectivity index is 2.14. The second kappa shape index (κ2) is 6.92. The standard InChI is InChI=1S/C15H26ClN3O/c1-4-7-17-10-15(6-5-8-20-11-15)9-13-12(2)18-19(3)14(13)16/h17H,4-11H2,1-3H3. The molecule has 1 aliphatic rings. The second-order valence-corrected chi connectivity index (χ2v) is 6.35. The first-order valence-electron chi connectivity index (χ1n) is 7.54. The van der Waals surface area contributed by atoms with Crippen LogP contribution in [0.1, 0.15) is 37.4 Å². The predicted octanol–water partition coefficient (Wildman–Crippen LogP) is 2.72. The Labute approximate surface area is 126 Å². The van der Waals surface area contributed by atoms with Gasteiger partial charge in [-0.2, -0.15) is 5.10 Å². The number of rotatable bonds is 6. The molecule has 0 aromatic carbocycles. The number of hydrogen-bond acceptors (Lipinski definition) is 3. The molecule has 1 fully saturated rings. The summed E-state index contributed by atoms with van der Waals surface area (Å²) in [7, 11) is 1.90. The lowest BCUT2D eigenvalue weighted by atomic mass is 9.77. The van der Waals surface area contributed by atoms with Crippen molar-refractivity contribution in [2.75, 3.05) is 26.3 Å². The quantitative estimate of drug-likeness (QED) is 0.821. The maximum atomic E-state index is 6.40. The molecule has 20 heavy (non-hydrogen) atoms. The van der Waals surface area contributed by atoms with Crippen LogP contribution >= 0.6 is 11.6 Å². The molecule has 0 bridgehead atoms. The summed E-state index contributed by atoms with van der Waals surface area (Å²) in [6.45, 7) is 7.98. The lowest BCUT2D eigenvalue weighted by Gasteiger charge is -2.37. The van der Waals surface area contributed by atoms with Crippen LogP contribution in [0.25, 0.3) is 0 Å². The molecule has 2 heterocycles. The topological polar surface area (TPSA) is 39.1 Å². The predicted molar refractivity (Wildman–Crippen MR) is 82.3 cm³/mol. The van der Waals surface area contributed by atoms with E-state index < -0.39 is 0 Å². The van der Waals surface area contributed by atoms with Gasteiger partial charge in [-0.15, -0.1) is 0 Å². The van der Waals surface area contributed by atoms with E-state index in [0.717, 1.165) is 56.4 Å². The highest BCUT2D eigenvalue weighted by Crippen LogP contribution is 2.35. The van der Waals surface area contributed by atoms with E-state index in [1.54, 1.807) is 4.68 Å². The van der Waals surface area contributed by atoms with Crippen molar-refractivity contribution in [3.63, 3.8) is 0 Å². The van der Waals surface area contributed by atoms with Gasteiger partial charge >= 0.3 is 0 Å². The highest BCUT2D eigenvalue weighted by Gasteiger charge is 2.34. The van der Waals surface area contributed by atoms with Crippen LogP contribution in [0.2, 0.25) is 5.15 Å². The molecule has 1 aromatic heterocycles. The van der Waals surface area contributed by atoms with Gasteiger partial charge in [0, 0.05) is 31.2 Å². The number of aromatic nitrogens is 2. The van der Waals surface area contributed by atoms with Crippen LogP contribution in [0.5, 0.6) is 0 Å². The van der Waals surface area contributed by atoms with Crippen LogP contribution in [0.3, 0.4) is 0 Å². The van der Waals surface area contributed by atoms with Crippen molar-refractivity contribution in [2.24, 2.45) is 12.5 Å². The van der Waals surface area contributed by atoms with Gasteiger partial charge in [0.25, 0.3) is 0 Å². The van der Waals surface area contributed by atoms with Gasteiger partial charge < -0.3 is 10.1 Å². The molecule has 0 amide bonds. The maximum Gasteiger partial charge on any atom is 0.130 e. The van der Waals surface area contributed by atoms with Crippen LogP contribution in [0, 0.1) is 12.3 Å². The van der Waals surface area contributed by atoms with Gasteiger partial charge in [-0.3, -0.25) is 4.68 Å². The van der Waals surface area contributed by atoms with Crippen LogP contribution in [0.4, 0.5) is 0 Å². The molecular weight excluding hydrogens is 274 g/mol. The molecule has 1 saturated heterocycles. The second-order valence-electron chi connectivity index (χ2n) is 5.99. The SMILES string of the molecule is CCCNCC1(Cc2c(C)nn(C)c2Cl)CCCOC1. The number of halogens is 1. The molecule has 2 rings (SSSR count). The summed E-state index contributed by atoms with van der Waals surface area (Å²) in [5.74, 6) is 0. The summed E-state index contributed by atoms with van der Waals surface area (Å²) in [4.78, 5) is 0. The zero-order valence-electron chi connectivity index (χ0n) is 12.8. The van der Waals surface area contributed by atoms with Crippen molar-refractivity contribution in [1.82, 2.24) is 15.1 Å². The molecule has 0 saturated carbocycles. The minimum absolute atomic E-state index is 0.158. The fourth-order valence-electron chi connectivity index (χ4n) is 3.03. The zero-order chi connectivity index (χ0) is 14.6. The van der Waals surface area contributed by atoms with Gasteiger partial charge in [0.2, 0.25) is 0 Å². The Morgan fingerprint density at radius 1 is 1.50 bits per heavy atom. The molecule has 5 heteroatoms. The monoisotopic (exact) mass is 299 g/mol. The summed E-state index contributed by atoms with van der Waals surface area (Å²) < 4.78 is 7.53. The van der Waals surface area contributed by atoms with Gasteiger partial charge in [0.15, 0.2) is 0 Å². The van der Waals surface area contributed by atoms with Gasteiger partial charge in [0.05, 0.1) is 12.3 Å². The van der Waals surface area contributed by atoms with Crippen LogP contribution < -0.4 is 5.32 Å². The Morgan fingerprint density at radius 3 is 2.85 bits per heavy atom. The number of ether oxygens (including phenoxy) is 1. The summed E-state index contributed by atoms with van der Waals surface area (Å²) in [6, 6.07) is 0. The fraction of sp³-hybridized carbons (Fsp3) is 0.800. The Hall–Kier alpha value is -0.580. The van der Waals surface area contributed by atoms with E-state index in [1.165, 1.54) is 12.0 Å². The number of aryl methyl sites for hydroxylation is 2. The van der Waals surface area contributed by atoms with Crippen LogP contribution in [-0.4, -0.2) is 36.1 Å². The van der Waals surface area contributed by atoms with E-state index >= 15 is 0 Å². The molecular formula is C15H26ClN3O. The van der Waals surface area contributed by atoms with Crippen molar-refractivity contribution in [3.05, 3.63) is 16.4 Å². The van der Waals surface area contributed by atoms with Gasteiger partial charge in [0.1, 0.15) is 5.15 Å². The third-order valence-corrected chi connectivity index (χ3v) is 4.63. The molecule has 1 aliphatic heterocycles. The van der Waals surface area contributed by atoms with Gasteiger partial charge in [-0.25, -0.2) is 0 Å². The Morgan fingerprint density at radius 2 is 2.30 bits per heavy atom. The number of nitrogens with zero attached hydrogens (tertiary/aromatic N) is 2. The van der Waals surface area contributed by atoms with Crippen molar-refractivity contribution >= 4 is 11.6 Å². The first kappa shape index (κ1) is 15.8. The highest BCUT2D eigenvalue weighted by molar-refractivity contribution is 6.30. The summed E-state index contributed by atoms with van der Waals surface area (Å²) in [5, 5.41) is 8.76. The van der Waals surface area contributed by atoms with E-state index in [1.807, 2.05) is 14.0 Å². The largest absolute Gasteiger partial charge is 0.381 e. The average molecular weight is 300 g/mol. The van der Waals surface area contributed by atoms with Gasteiger partial charge in [-0.05, 0) is 39.2 Å². The minimum atomic E-state index is 0.158. The van der Waals surface area contributed by atoms with E-state index in [-0.39, 0.29) is 5.41 Å². The highest BCUT2D eigenvalue weighted by atomic mass is 35.5. The summed E-state index contributed by atoms with van der Waals surface area (Å²) >= 11 is 6.40. The first-order valence-corrected chi connectivity index (χ1v) is 7.92. The molecule has 4 nitrogen and oxygen atoms in total. The van der Waals surface area contributed by atoms with E-state index in [9.17, 15) is 0 Å². The first-order chi connectivity index (χ1) is 9.58. The molecule has 1 unspecified atom stereocenters. The van der Waals surface area contributed by atoms with Crippen molar-refractivity contribution in [2.45, 2.75) is 39.5 Å². The molecule has 0 radical (unpaired) electrons. The van der Waals surface area contributed by atoms with E-state index in [0.29, 0.717) is 0 Å².